The van der Waals surface area contributed by atoms with Crippen molar-refractivity contribution in [1.82, 2.24) is 0 Å². The van der Waals surface area contributed by atoms with E-state index in [-0.39, 0.29) is 16.0 Å². The molecule has 0 bridgehead atoms. The summed E-state index contributed by atoms with van der Waals surface area (Å²) in [5.74, 6) is -0.278. The zero-order valence-electron chi connectivity index (χ0n) is 28.0. The predicted octanol–water partition coefficient (Wildman–Crippen LogP) is 9.87. The van der Waals surface area contributed by atoms with Crippen molar-refractivity contribution in [2.75, 3.05) is 6.61 Å². The van der Waals surface area contributed by atoms with Gasteiger partial charge in [-0.3, -0.25) is 0 Å². The summed E-state index contributed by atoms with van der Waals surface area (Å²) in [6.07, 6.45) is 4.26. The second kappa shape index (κ2) is 14.5. The average molecular weight is 597 g/mol. The van der Waals surface area contributed by atoms with Gasteiger partial charge in [-0.15, -0.1) is 0 Å². The molecule has 0 aliphatic carbocycles. The quantitative estimate of drug-likeness (QED) is 0.131. The second-order valence-corrected chi connectivity index (χ2v) is 23.8. The van der Waals surface area contributed by atoms with E-state index in [1.807, 2.05) is 6.92 Å². The Morgan fingerprint density at radius 1 is 0.756 bits per heavy atom. The summed E-state index contributed by atoms with van der Waals surface area (Å²) in [6, 6.07) is 15.4. The van der Waals surface area contributed by atoms with Crippen LogP contribution in [0.15, 0.2) is 48.5 Å². The summed E-state index contributed by atoms with van der Waals surface area (Å²) in [4.78, 5) is 12.0. The zero-order chi connectivity index (χ0) is 31.1. The highest BCUT2D eigenvalue weighted by Crippen LogP contribution is 2.39. The van der Waals surface area contributed by atoms with E-state index in [9.17, 15) is 4.79 Å². The van der Waals surface area contributed by atoms with Crippen LogP contribution < -0.4 is 0 Å². The van der Waals surface area contributed by atoms with Gasteiger partial charge in [0.05, 0.1) is 19.8 Å². The lowest BCUT2D eigenvalue weighted by Gasteiger charge is -2.37. The Balaban J connectivity index is 2.28. The number of carbonyl (C=O) groups is 1. The second-order valence-electron chi connectivity index (χ2n) is 14.2. The summed E-state index contributed by atoms with van der Waals surface area (Å²) >= 11 is 0. The molecule has 4 nitrogen and oxygen atoms in total. The Hall–Kier alpha value is -2.00. The highest BCUT2D eigenvalue weighted by Gasteiger charge is 2.38. The molecule has 0 aliphatic heterocycles. The van der Waals surface area contributed by atoms with E-state index in [4.69, 9.17) is 13.6 Å². The van der Waals surface area contributed by atoms with E-state index in [2.05, 4.69) is 117 Å². The van der Waals surface area contributed by atoms with Crippen LogP contribution in [0.1, 0.15) is 89.6 Å². The molecule has 0 atom stereocenters. The van der Waals surface area contributed by atoms with Crippen LogP contribution in [0.4, 0.5) is 0 Å². The predicted molar refractivity (Wildman–Crippen MR) is 179 cm³/mol. The Morgan fingerprint density at radius 2 is 1.29 bits per heavy atom. The molecule has 0 fully saturated rings. The number of aryl methyl sites for hydroxylation is 2. The lowest BCUT2D eigenvalue weighted by atomic mass is 9.96. The third kappa shape index (κ3) is 10.3. The Morgan fingerprint density at radius 3 is 1.80 bits per heavy atom. The summed E-state index contributed by atoms with van der Waals surface area (Å²) in [7, 11) is -3.77. The monoisotopic (exact) mass is 596 g/mol. The minimum absolute atomic E-state index is 0.159. The maximum absolute atomic E-state index is 12.0. The van der Waals surface area contributed by atoms with Gasteiger partial charge in [-0.2, -0.15) is 0 Å². The highest BCUT2D eigenvalue weighted by molar-refractivity contribution is 6.74. The molecule has 228 valence electrons. The topological polar surface area (TPSA) is 44.8 Å². The first-order chi connectivity index (χ1) is 18.9. The summed E-state index contributed by atoms with van der Waals surface area (Å²) in [5.41, 5.74) is 7.12. The Labute approximate surface area is 253 Å². The smallest absolute Gasteiger partial charge is 0.331 e. The van der Waals surface area contributed by atoms with Crippen LogP contribution in [0.2, 0.25) is 36.3 Å². The molecule has 2 aromatic rings. The molecule has 0 spiro atoms. The van der Waals surface area contributed by atoms with E-state index in [0.717, 1.165) is 30.4 Å². The van der Waals surface area contributed by atoms with Crippen molar-refractivity contribution in [2.24, 2.45) is 0 Å². The van der Waals surface area contributed by atoms with E-state index in [1.54, 1.807) is 6.08 Å². The third-order valence-electron chi connectivity index (χ3n) is 9.02. The van der Waals surface area contributed by atoms with Gasteiger partial charge in [0.15, 0.2) is 16.6 Å². The number of esters is 1. The van der Waals surface area contributed by atoms with Gasteiger partial charge in [-0.1, -0.05) is 90.9 Å². The standard InChI is InChI=1S/C35H56O4Si2/c1-13-29(24-33(36)37-14-2)30-17-15-16-27(22-30)18-19-28-20-21-31(25-38-40(9,10)34(3,4)5)32(23-28)26-39-41(11,12)35(6,7)8/h15-17,20-24H,13-14,18-19,25-26H2,1-12H3/b29-24+. The number of allylic oxidation sites excluding steroid dienone is 1. The molecular weight excluding hydrogens is 541 g/mol. The van der Waals surface area contributed by atoms with E-state index in [0.29, 0.717) is 19.8 Å². The van der Waals surface area contributed by atoms with Gasteiger partial charge < -0.3 is 13.6 Å². The molecule has 0 unspecified atom stereocenters. The average Bonchev–Trinajstić information content (AvgIpc) is 2.87. The van der Waals surface area contributed by atoms with Crippen LogP contribution in [0.3, 0.4) is 0 Å². The maximum atomic E-state index is 12.0. The van der Waals surface area contributed by atoms with Gasteiger partial charge in [0.2, 0.25) is 0 Å². The fourth-order valence-electron chi connectivity index (χ4n) is 3.99. The van der Waals surface area contributed by atoms with Crippen molar-refractivity contribution < 1.29 is 18.4 Å². The molecule has 0 saturated heterocycles. The van der Waals surface area contributed by atoms with Gasteiger partial charge in [0.25, 0.3) is 0 Å². The Bertz CT molecular complexity index is 1180. The van der Waals surface area contributed by atoms with E-state index in [1.165, 1.54) is 22.3 Å². The summed E-state index contributed by atoms with van der Waals surface area (Å²) < 4.78 is 18.5. The largest absolute Gasteiger partial charge is 0.463 e. The number of ether oxygens (including phenoxy) is 1. The molecule has 0 amide bonds. The van der Waals surface area contributed by atoms with Crippen LogP contribution in [0, 0.1) is 0 Å². The SMILES string of the molecule is CCOC(=O)/C=C(\CC)c1cccc(CCc2ccc(CO[Si](C)(C)C(C)(C)C)c(CO[Si](C)(C)C(C)(C)C)c2)c1. The van der Waals surface area contributed by atoms with Crippen LogP contribution >= 0.6 is 0 Å². The van der Waals surface area contributed by atoms with Crippen molar-refractivity contribution in [3.63, 3.8) is 0 Å². The minimum Gasteiger partial charge on any atom is -0.463 e. The first-order valence-corrected chi connectivity index (χ1v) is 21.1. The number of hydrogen-bond donors (Lipinski definition) is 0. The first-order valence-electron chi connectivity index (χ1n) is 15.3. The van der Waals surface area contributed by atoms with E-state index >= 15 is 0 Å². The number of hydrogen-bond acceptors (Lipinski definition) is 4. The van der Waals surface area contributed by atoms with Crippen molar-refractivity contribution >= 4 is 28.2 Å². The third-order valence-corrected chi connectivity index (χ3v) is 18.0. The summed E-state index contributed by atoms with van der Waals surface area (Å²) in [6.45, 7) is 28.5. The molecule has 0 aromatic heterocycles. The number of rotatable bonds is 13. The first kappa shape index (κ1) is 35.2. The molecule has 0 saturated carbocycles. The molecular formula is C35H56O4Si2. The fraction of sp³-hybridized carbons (Fsp3) is 0.571. The molecule has 41 heavy (non-hydrogen) atoms. The molecule has 0 radical (unpaired) electrons. The maximum Gasteiger partial charge on any atom is 0.331 e. The van der Waals surface area contributed by atoms with Gasteiger partial charge in [0, 0.05) is 6.08 Å². The van der Waals surface area contributed by atoms with Gasteiger partial charge in [-0.05, 0) is 95.8 Å². The molecule has 0 aliphatic rings. The molecule has 0 heterocycles. The lowest BCUT2D eigenvalue weighted by Crippen LogP contribution is -2.41. The van der Waals surface area contributed by atoms with Crippen molar-refractivity contribution in [1.29, 1.82) is 0 Å². The van der Waals surface area contributed by atoms with Gasteiger partial charge in [0.1, 0.15) is 0 Å². The molecule has 2 aromatic carbocycles. The normalized spacial score (nSPS) is 13.4. The molecule has 0 N–H and O–H groups in total. The van der Waals surface area contributed by atoms with E-state index < -0.39 is 16.6 Å². The van der Waals surface area contributed by atoms with Crippen molar-refractivity contribution in [3.05, 3.63) is 76.4 Å². The highest BCUT2D eigenvalue weighted by atomic mass is 28.4. The number of benzene rings is 2. The molecule has 2 rings (SSSR count). The van der Waals surface area contributed by atoms with Crippen LogP contribution in [0.25, 0.3) is 5.57 Å². The Kier molecular flexibility index (Phi) is 12.4. The van der Waals surface area contributed by atoms with Crippen LogP contribution in [-0.2, 0) is 44.4 Å². The zero-order valence-corrected chi connectivity index (χ0v) is 30.0. The van der Waals surface area contributed by atoms with Gasteiger partial charge in [-0.25, -0.2) is 4.79 Å². The van der Waals surface area contributed by atoms with Crippen molar-refractivity contribution in [3.8, 4) is 0 Å². The number of carbonyl (C=O) groups excluding carboxylic acids is 1. The lowest BCUT2D eigenvalue weighted by molar-refractivity contribution is -0.137. The fourth-order valence-corrected chi connectivity index (χ4v) is 5.89. The van der Waals surface area contributed by atoms with Gasteiger partial charge >= 0.3 is 5.97 Å². The summed E-state index contributed by atoms with van der Waals surface area (Å²) in [5, 5.41) is 0.328. The van der Waals surface area contributed by atoms with Crippen LogP contribution in [-0.4, -0.2) is 29.2 Å². The van der Waals surface area contributed by atoms with Crippen LogP contribution in [0.5, 0.6) is 0 Å². The van der Waals surface area contributed by atoms with Crippen molar-refractivity contribution in [2.45, 2.75) is 124 Å². The molecule has 6 heteroatoms. The minimum atomic E-state index is -1.90.